The van der Waals surface area contributed by atoms with Gasteiger partial charge >= 0.3 is 0 Å². The van der Waals surface area contributed by atoms with E-state index in [2.05, 4.69) is 11.9 Å². The second kappa shape index (κ2) is 6.59. The molecular weight excluding hydrogens is 239 g/mol. The van der Waals surface area contributed by atoms with E-state index in [0.29, 0.717) is 18.5 Å². The second-order valence-electron chi connectivity index (χ2n) is 4.40. The monoisotopic (exact) mass is 257 g/mol. The molecule has 0 spiro atoms. The Kier molecular flexibility index (Phi) is 5.41. The zero-order valence-corrected chi connectivity index (χ0v) is 10.7. The van der Waals surface area contributed by atoms with Crippen molar-refractivity contribution in [3.63, 3.8) is 0 Å². The molecule has 1 aromatic rings. The number of benzene rings is 1. The van der Waals surface area contributed by atoms with Crippen molar-refractivity contribution in [2.45, 2.75) is 32.7 Å². The van der Waals surface area contributed by atoms with Gasteiger partial charge in [-0.3, -0.25) is 0 Å². The second-order valence-corrected chi connectivity index (χ2v) is 4.40. The predicted molar refractivity (Wildman–Crippen MR) is 66.8 cm³/mol. The van der Waals surface area contributed by atoms with Crippen LogP contribution in [0.2, 0.25) is 0 Å². The molecule has 0 aliphatic carbocycles. The predicted octanol–water partition coefficient (Wildman–Crippen LogP) is 4.11. The van der Waals surface area contributed by atoms with E-state index in [0.717, 1.165) is 24.1 Å². The molecule has 0 saturated heterocycles. The van der Waals surface area contributed by atoms with Crippen molar-refractivity contribution in [3.05, 3.63) is 47.3 Å². The SMILES string of the molecule is C=C(C)CCC(NCC)c1cc(F)c(F)c(F)c1. The lowest BCUT2D eigenvalue weighted by atomic mass is 9.99. The summed E-state index contributed by atoms with van der Waals surface area (Å²) in [6.07, 6.45) is 1.42. The topological polar surface area (TPSA) is 12.0 Å². The van der Waals surface area contributed by atoms with Crippen LogP contribution in [-0.2, 0) is 0 Å². The Morgan fingerprint density at radius 1 is 1.28 bits per heavy atom. The van der Waals surface area contributed by atoms with Crippen LogP contribution < -0.4 is 5.32 Å². The number of hydrogen-bond acceptors (Lipinski definition) is 1. The third kappa shape index (κ3) is 3.88. The summed E-state index contributed by atoms with van der Waals surface area (Å²) in [6.45, 7) is 8.27. The summed E-state index contributed by atoms with van der Waals surface area (Å²) < 4.78 is 39.2. The Balaban J connectivity index is 2.94. The molecule has 1 unspecified atom stereocenters. The lowest BCUT2D eigenvalue weighted by Crippen LogP contribution is -2.21. The molecular formula is C14H18F3N. The first-order valence-electron chi connectivity index (χ1n) is 5.98. The maximum absolute atomic E-state index is 13.2. The van der Waals surface area contributed by atoms with Crippen molar-refractivity contribution in [2.75, 3.05) is 6.54 Å². The van der Waals surface area contributed by atoms with Crippen LogP contribution >= 0.6 is 0 Å². The van der Waals surface area contributed by atoms with Gasteiger partial charge < -0.3 is 5.32 Å². The highest BCUT2D eigenvalue weighted by Gasteiger charge is 2.16. The van der Waals surface area contributed by atoms with Gasteiger partial charge in [0.15, 0.2) is 17.5 Å². The highest BCUT2D eigenvalue weighted by molar-refractivity contribution is 5.23. The van der Waals surface area contributed by atoms with Crippen LogP contribution in [0.15, 0.2) is 24.3 Å². The van der Waals surface area contributed by atoms with Crippen molar-refractivity contribution >= 4 is 0 Å². The standard InChI is InChI=1S/C14H18F3N/c1-4-18-13(6-5-9(2)3)10-7-11(15)14(17)12(16)8-10/h7-8,13,18H,2,4-6H2,1,3H3. The highest BCUT2D eigenvalue weighted by Crippen LogP contribution is 2.23. The fraction of sp³-hybridized carbons (Fsp3) is 0.429. The van der Waals surface area contributed by atoms with E-state index >= 15 is 0 Å². The maximum atomic E-state index is 13.2. The number of rotatable bonds is 6. The number of halogens is 3. The third-order valence-corrected chi connectivity index (χ3v) is 2.72. The van der Waals surface area contributed by atoms with Crippen molar-refractivity contribution in [3.8, 4) is 0 Å². The van der Waals surface area contributed by atoms with E-state index in [1.54, 1.807) is 0 Å². The molecule has 0 bridgehead atoms. The lowest BCUT2D eigenvalue weighted by molar-refractivity contribution is 0.437. The first kappa shape index (κ1) is 14.8. The Hall–Kier alpha value is -1.29. The van der Waals surface area contributed by atoms with Crippen LogP contribution in [0.4, 0.5) is 13.2 Å². The van der Waals surface area contributed by atoms with Gasteiger partial charge in [0, 0.05) is 6.04 Å². The molecule has 1 nitrogen and oxygen atoms in total. The van der Waals surface area contributed by atoms with Crippen LogP contribution in [0.1, 0.15) is 38.3 Å². The summed E-state index contributed by atoms with van der Waals surface area (Å²) in [6, 6.07) is 1.89. The van der Waals surface area contributed by atoms with Gasteiger partial charge in [0.2, 0.25) is 0 Å². The van der Waals surface area contributed by atoms with Crippen LogP contribution in [-0.4, -0.2) is 6.54 Å². The van der Waals surface area contributed by atoms with E-state index in [1.165, 1.54) is 0 Å². The van der Waals surface area contributed by atoms with Crippen LogP contribution in [0, 0.1) is 17.5 Å². The van der Waals surface area contributed by atoms with Crippen LogP contribution in [0.3, 0.4) is 0 Å². The summed E-state index contributed by atoms with van der Waals surface area (Å²) in [5.41, 5.74) is 1.43. The summed E-state index contributed by atoms with van der Waals surface area (Å²) in [7, 11) is 0. The van der Waals surface area contributed by atoms with Gasteiger partial charge in [-0.25, -0.2) is 13.2 Å². The van der Waals surface area contributed by atoms with Gasteiger partial charge in [-0.05, 0) is 44.0 Å². The summed E-state index contributed by atoms with van der Waals surface area (Å²) in [5.74, 6) is -3.72. The molecule has 4 heteroatoms. The van der Waals surface area contributed by atoms with Gasteiger partial charge in [0.05, 0.1) is 0 Å². The fourth-order valence-corrected chi connectivity index (χ4v) is 1.80. The molecule has 1 atom stereocenters. The molecule has 100 valence electrons. The van der Waals surface area contributed by atoms with Crippen molar-refractivity contribution in [1.82, 2.24) is 5.32 Å². The van der Waals surface area contributed by atoms with Crippen molar-refractivity contribution in [2.24, 2.45) is 0 Å². The molecule has 0 radical (unpaired) electrons. The average Bonchev–Trinajstić information content (AvgIpc) is 2.30. The number of nitrogens with one attached hydrogen (secondary N) is 1. The highest BCUT2D eigenvalue weighted by atomic mass is 19.2. The van der Waals surface area contributed by atoms with Gasteiger partial charge in [-0.1, -0.05) is 12.5 Å². The smallest absolute Gasteiger partial charge is 0.194 e. The Bertz CT molecular complexity index is 406. The van der Waals surface area contributed by atoms with E-state index in [4.69, 9.17) is 0 Å². The quantitative estimate of drug-likeness (QED) is 0.597. The van der Waals surface area contributed by atoms with E-state index in [1.807, 2.05) is 13.8 Å². The largest absolute Gasteiger partial charge is 0.310 e. The van der Waals surface area contributed by atoms with Gasteiger partial charge in [0.1, 0.15) is 0 Å². The van der Waals surface area contributed by atoms with Crippen LogP contribution in [0.5, 0.6) is 0 Å². The fourth-order valence-electron chi connectivity index (χ4n) is 1.80. The minimum atomic E-state index is -1.42. The third-order valence-electron chi connectivity index (χ3n) is 2.72. The minimum Gasteiger partial charge on any atom is -0.310 e. The zero-order valence-electron chi connectivity index (χ0n) is 10.7. The molecule has 1 N–H and O–H groups in total. The van der Waals surface area contributed by atoms with Gasteiger partial charge in [-0.15, -0.1) is 6.58 Å². The maximum Gasteiger partial charge on any atom is 0.194 e. The number of allylic oxidation sites excluding steroid dienone is 1. The average molecular weight is 257 g/mol. The van der Waals surface area contributed by atoms with Crippen molar-refractivity contribution < 1.29 is 13.2 Å². The first-order chi connectivity index (χ1) is 8.45. The first-order valence-corrected chi connectivity index (χ1v) is 5.98. The molecule has 18 heavy (non-hydrogen) atoms. The zero-order chi connectivity index (χ0) is 13.7. The molecule has 0 aliphatic rings. The molecule has 0 amide bonds. The molecule has 0 saturated carbocycles. The van der Waals surface area contributed by atoms with E-state index in [-0.39, 0.29) is 6.04 Å². The molecule has 0 heterocycles. The number of hydrogen-bond donors (Lipinski definition) is 1. The molecule has 0 fully saturated rings. The van der Waals surface area contributed by atoms with Crippen LogP contribution in [0.25, 0.3) is 0 Å². The molecule has 0 aliphatic heterocycles. The van der Waals surface area contributed by atoms with E-state index < -0.39 is 17.5 Å². The molecule has 1 rings (SSSR count). The van der Waals surface area contributed by atoms with Crippen molar-refractivity contribution in [1.29, 1.82) is 0 Å². The van der Waals surface area contributed by atoms with Gasteiger partial charge in [-0.2, -0.15) is 0 Å². The molecule has 1 aromatic carbocycles. The lowest BCUT2D eigenvalue weighted by Gasteiger charge is -2.18. The normalized spacial score (nSPS) is 12.5. The molecule has 0 aromatic heterocycles. The summed E-state index contributed by atoms with van der Waals surface area (Å²) in [4.78, 5) is 0. The minimum absolute atomic E-state index is 0.198. The summed E-state index contributed by atoms with van der Waals surface area (Å²) >= 11 is 0. The summed E-state index contributed by atoms with van der Waals surface area (Å²) in [5, 5.41) is 3.13. The Morgan fingerprint density at radius 3 is 2.28 bits per heavy atom. The van der Waals surface area contributed by atoms with Gasteiger partial charge in [0.25, 0.3) is 0 Å². The Morgan fingerprint density at radius 2 is 1.83 bits per heavy atom. The van der Waals surface area contributed by atoms with E-state index in [9.17, 15) is 13.2 Å². The Labute approximate surface area is 106 Å².